The van der Waals surface area contributed by atoms with E-state index in [4.69, 9.17) is 5.73 Å². The summed E-state index contributed by atoms with van der Waals surface area (Å²) in [6.45, 7) is 3.26. The van der Waals surface area contributed by atoms with Gasteiger partial charge in [-0.05, 0) is 31.5 Å². The van der Waals surface area contributed by atoms with Crippen molar-refractivity contribution in [3.63, 3.8) is 0 Å². The van der Waals surface area contributed by atoms with Gasteiger partial charge in [-0.25, -0.2) is 17.5 Å². The Hall–Kier alpha value is -1.67. The number of carbonyl (C=O) groups excluding carboxylic acids is 1. The van der Waals surface area contributed by atoms with E-state index in [1.807, 2.05) is 0 Å². The van der Waals surface area contributed by atoms with Gasteiger partial charge in [0, 0.05) is 6.54 Å². The molecule has 0 bridgehead atoms. The van der Waals surface area contributed by atoms with E-state index in [2.05, 4.69) is 9.46 Å². The summed E-state index contributed by atoms with van der Waals surface area (Å²) in [4.78, 5) is 11.0. The van der Waals surface area contributed by atoms with Crippen LogP contribution in [0.3, 0.4) is 0 Å². The fourth-order valence-electron chi connectivity index (χ4n) is 1.56. The van der Waals surface area contributed by atoms with Gasteiger partial charge in [0.2, 0.25) is 10.0 Å². The molecule has 0 atom stereocenters. The van der Waals surface area contributed by atoms with Crippen molar-refractivity contribution >= 4 is 21.7 Å². The fraction of sp³-hybridized carbons (Fsp3) is 0.417. The zero-order valence-electron chi connectivity index (χ0n) is 11.3. The van der Waals surface area contributed by atoms with Crippen LogP contribution in [0.1, 0.15) is 18.9 Å². The third-order valence-corrected chi connectivity index (χ3v) is 4.11. The van der Waals surface area contributed by atoms with E-state index in [1.165, 1.54) is 6.92 Å². The average Bonchev–Trinajstić information content (AvgIpc) is 2.33. The molecule has 6 nitrogen and oxygen atoms in total. The predicted octanol–water partition coefficient (Wildman–Crippen LogP) is 0.948. The summed E-state index contributed by atoms with van der Waals surface area (Å²) in [5, 5.41) is 0. The maximum absolute atomic E-state index is 13.2. The van der Waals surface area contributed by atoms with Crippen molar-refractivity contribution in [2.24, 2.45) is 0 Å². The van der Waals surface area contributed by atoms with Gasteiger partial charge in [-0.15, -0.1) is 0 Å². The van der Waals surface area contributed by atoms with Crippen LogP contribution in [0, 0.1) is 12.7 Å². The number of esters is 1. The van der Waals surface area contributed by atoms with E-state index in [0.717, 1.165) is 12.1 Å². The molecule has 20 heavy (non-hydrogen) atoms. The molecule has 112 valence electrons. The number of carbonyl (C=O) groups is 1. The highest BCUT2D eigenvalue weighted by molar-refractivity contribution is 7.89. The highest BCUT2D eigenvalue weighted by atomic mass is 32.2. The SMILES string of the molecule is CCOC(=O)CCNS(=O)(=O)c1cc(N)c(F)cc1C. The standard InChI is InChI=1S/C12H17FN2O4S/c1-3-19-12(16)4-5-15-20(17,18)11-7-10(14)9(13)6-8(11)2/h6-7,15H,3-5,14H2,1-2H3. The third-order valence-electron chi connectivity index (χ3n) is 2.51. The lowest BCUT2D eigenvalue weighted by Crippen LogP contribution is -2.27. The number of anilines is 1. The van der Waals surface area contributed by atoms with Crippen molar-refractivity contribution in [2.75, 3.05) is 18.9 Å². The molecule has 0 spiro atoms. The van der Waals surface area contributed by atoms with Crippen LogP contribution >= 0.6 is 0 Å². The Bertz CT molecular complexity index is 602. The van der Waals surface area contributed by atoms with Crippen LogP contribution in [0.15, 0.2) is 17.0 Å². The smallest absolute Gasteiger partial charge is 0.307 e. The maximum Gasteiger partial charge on any atom is 0.307 e. The molecule has 3 N–H and O–H groups in total. The molecule has 0 fully saturated rings. The minimum atomic E-state index is -3.85. The molecule has 1 rings (SSSR count). The molecular weight excluding hydrogens is 287 g/mol. The van der Waals surface area contributed by atoms with Gasteiger partial charge in [0.15, 0.2) is 0 Å². The lowest BCUT2D eigenvalue weighted by Gasteiger charge is -2.10. The Morgan fingerprint density at radius 2 is 2.10 bits per heavy atom. The Labute approximate surface area is 117 Å². The summed E-state index contributed by atoms with van der Waals surface area (Å²) < 4.78 is 44.1. The molecule has 0 unspecified atom stereocenters. The summed E-state index contributed by atoms with van der Waals surface area (Å²) in [6.07, 6.45) is -0.0806. The minimum absolute atomic E-state index is 0.0806. The van der Waals surface area contributed by atoms with Crippen LogP contribution in [-0.2, 0) is 19.6 Å². The number of nitrogens with two attached hydrogens (primary N) is 1. The zero-order chi connectivity index (χ0) is 15.3. The lowest BCUT2D eigenvalue weighted by molar-refractivity contribution is -0.142. The second-order valence-electron chi connectivity index (χ2n) is 4.09. The molecule has 0 aromatic heterocycles. The normalized spacial score (nSPS) is 11.3. The molecule has 0 saturated carbocycles. The van der Waals surface area contributed by atoms with E-state index in [0.29, 0.717) is 0 Å². The first kappa shape index (κ1) is 16.4. The monoisotopic (exact) mass is 304 g/mol. The van der Waals surface area contributed by atoms with Crippen molar-refractivity contribution in [1.82, 2.24) is 4.72 Å². The van der Waals surface area contributed by atoms with Crippen LogP contribution in [0.25, 0.3) is 0 Å². The number of sulfonamides is 1. The number of halogens is 1. The summed E-state index contributed by atoms with van der Waals surface area (Å²) in [7, 11) is -3.85. The Morgan fingerprint density at radius 1 is 1.45 bits per heavy atom. The number of rotatable bonds is 6. The van der Waals surface area contributed by atoms with Crippen molar-refractivity contribution in [1.29, 1.82) is 0 Å². The Morgan fingerprint density at radius 3 is 2.70 bits per heavy atom. The van der Waals surface area contributed by atoms with Crippen molar-refractivity contribution in [3.05, 3.63) is 23.5 Å². The summed E-state index contributed by atoms with van der Waals surface area (Å²) in [5.74, 6) is -1.17. The second-order valence-corrected chi connectivity index (χ2v) is 5.83. The van der Waals surface area contributed by atoms with Crippen LogP contribution in [0.5, 0.6) is 0 Å². The molecule has 0 radical (unpaired) electrons. The number of hydrogen-bond donors (Lipinski definition) is 2. The highest BCUT2D eigenvalue weighted by Crippen LogP contribution is 2.21. The maximum atomic E-state index is 13.2. The van der Waals surface area contributed by atoms with Crippen molar-refractivity contribution in [3.8, 4) is 0 Å². The first-order valence-corrected chi connectivity index (χ1v) is 7.47. The molecule has 0 heterocycles. The number of nitrogen functional groups attached to an aromatic ring is 1. The third kappa shape index (κ3) is 4.17. The molecule has 1 aromatic carbocycles. The van der Waals surface area contributed by atoms with Crippen molar-refractivity contribution in [2.45, 2.75) is 25.2 Å². The summed E-state index contributed by atoms with van der Waals surface area (Å²) in [5.41, 5.74) is 5.35. The molecule has 0 amide bonds. The number of nitrogens with one attached hydrogen (secondary N) is 1. The minimum Gasteiger partial charge on any atom is -0.466 e. The van der Waals surface area contributed by atoms with Gasteiger partial charge in [-0.3, -0.25) is 4.79 Å². The van der Waals surface area contributed by atoms with Gasteiger partial charge in [-0.2, -0.15) is 0 Å². The molecule has 0 aliphatic heterocycles. The zero-order valence-corrected chi connectivity index (χ0v) is 12.1. The van der Waals surface area contributed by atoms with Gasteiger partial charge in [0.1, 0.15) is 5.82 Å². The summed E-state index contributed by atoms with van der Waals surface area (Å²) in [6, 6.07) is 2.10. The number of aryl methyl sites for hydroxylation is 1. The first-order chi connectivity index (χ1) is 9.27. The fourth-order valence-corrected chi connectivity index (χ4v) is 2.85. The van der Waals surface area contributed by atoms with E-state index in [9.17, 15) is 17.6 Å². The van der Waals surface area contributed by atoms with Crippen molar-refractivity contribution < 1.29 is 22.3 Å². The van der Waals surface area contributed by atoms with Gasteiger partial charge >= 0.3 is 5.97 Å². The van der Waals surface area contributed by atoms with Crippen LogP contribution in [0.2, 0.25) is 0 Å². The van der Waals surface area contributed by atoms with E-state index < -0.39 is 21.8 Å². The number of hydrogen-bond acceptors (Lipinski definition) is 5. The number of benzene rings is 1. The Kier molecular flexibility index (Phi) is 5.46. The second kappa shape index (κ2) is 6.67. The quantitative estimate of drug-likeness (QED) is 0.602. The molecular formula is C12H17FN2O4S. The largest absolute Gasteiger partial charge is 0.466 e. The molecule has 1 aromatic rings. The van der Waals surface area contributed by atoms with Crippen LogP contribution in [0.4, 0.5) is 10.1 Å². The van der Waals surface area contributed by atoms with E-state index in [-0.39, 0.29) is 35.7 Å². The topological polar surface area (TPSA) is 98.5 Å². The van der Waals surface area contributed by atoms with Crippen LogP contribution in [-0.4, -0.2) is 27.5 Å². The lowest BCUT2D eigenvalue weighted by atomic mass is 10.2. The average molecular weight is 304 g/mol. The van der Waals surface area contributed by atoms with Gasteiger partial charge in [0.25, 0.3) is 0 Å². The van der Waals surface area contributed by atoms with E-state index in [1.54, 1.807) is 6.92 Å². The summed E-state index contributed by atoms with van der Waals surface area (Å²) >= 11 is 0. The van der Waals surface area contributed by atoms with Crippen LogP contribution < -0.4 is 10.5 Å². The van der Waals surface area contributed by atoms with E-state index >= 15 is 0 Å². The van der Waals surface area contributed by atoms with Gasteiger partial charge < -0.3 is 10.5 Å². The molecule has 0 saturated heterocycles. The molecule has 8 heteroatoms. The highest BCUT2D eigenvalue weighted by Gasteiger charge is 2.19. The first-order valence-electron chi connectivity index (χ1n) is 5.99. The molecule has 0 aliphatic rings. The van der Waals surface area contributed by atoms with Gasteiger partial charge in [-0.1, -0.05) is 0 Å². The Balaban J connectivity index is 2.79. The predicted molar refractivity (Wildman–Crippen MR) is 72.0 cm³/mol. The number of ether oxygens (including phenoxy) is 1. The van der Waals surface area contributed by atoms with Gasteiger partial charge in [0.05, 0.1) is 23.6 Å². The molecule has 0 aliphatic carbocycles.